The Morgan fingerprint density at radius 2 is 2.12 bits per heavy atom. The summed E-state index contributed by atoms with van der Waals surface area (Å²) in [6.45, 7) is 8.08. The van der Waals surface area contributed by atoms with Crippen LogP contribution < -0.4 is 0 Å². The molecule has 0 spiro atoms. The first kappa shape index (κ1) is 12.9. The molecule has 0 fully saturated rings. The van der Waals surface area contributed by atoms with E-state index in [2.05, 4.69) is 18.9 Å². The van der Waals surface area contributed by atoms with E-state index in [0.29, 0.717) is 0 Å². The number of nitrogens with zero attached hydrogens (tertiary/aromatic N) is 2. The third kappa shape index (κ3) is 2.94. The molecule has 1 rings (SSSR count). The van der Waals surface area contributed by atoms with Crippen LogP contribution in [-0.2, 0) is 0 Å². The van der Waals surface area contributed by atoms with Gasteiger partial charge in [0, 0.05) is 11.6 Å². The monoisotopic (exact) mass is 222 g/mol. The van der Waals surface area contributed by atoms with Gasteiger partial charge in [-0.15, -0.1) is 0 Å². The molecule has 0 aromatic carbocycles. The van der Waals surface area contributed by atoms with Gasteiger partial charge >= 0.3 is 0 Å². The first-order valence-electron chi connectivity index (χ1n) is 6.17. The van der Waals surface area contributed by atoms with Crippen molar-refractivity contribution in [2.45, 2.75) is 53.4 Å². The molecule has 0 saturated carbocycles. The Balaban J connectivity index is 2.78. The van der Waals surface area contributed by atoms with Gasteiger partial charge in [-0.1, -0.05) is 26.7 Å². The Morgan fingerprint density at radius 3 is 2.56 bits per heavy atom. The van der Waals surface area contributed by atoms with Gasteiger partial charge < -0.3 is 0 Å². The first-order chi connectivity index (χ1) is 7.60. The van der Waals surface area contributed by atoms with Crippen LogP contribution in [0.3, 0.4) is 0 Å². The Kier molecular flexibility index (Phi) is 4.71. The van der Waals surface area contributed by atoms with Gasteiger partial charge in [-0.2, -0.15) is 5.10 Å². The lowest BCUT2D eigenvalue weighted by Crippen LogP contribution is -2.23. The second-order valence-corrected chi connectivity index (χ2v) is 4.42. The van der Waals surface area contributed by atoms with Crippen molar-refractivity contribution in [2.75, 3.05) is 0 Å². The first-order valence-corrected chi connectivity index (χ1v) is 6.17. The maximum absolute atomic E-state index is 12.2. The van der Waals surface area contributed by atoms with Gasteiger partial charge in [0.1, 0.15) is 0 Å². The molecule has 90 valence electrons. The van der Waals surface area contributed by atoms with Crippen LogP contribution in [0.4, 0.5) is 0 Å². The summed E-state index contributed by atoms with van der Waals surface area (Å²) in [5.41, 5.74) is 1.86. The summed E-state index contributed by atoms with van der Waals surface area (Å²) in [6, 6.07) is 1.95. The molecule has 3 heteroatoms. The quantitative estimate of drug-likeness (QED) is 0.765. The largest absolute Gasteiger partial charge is 0.272 e. The fourth-order valence-electron chi connectivity index (χ4n) is 1.98. The maximum Gasteiger partial charge on any atom is 0.250 e. The van der Waals surface area contributed by atoms with Gasteiger partial charge in [0.05, 0.1) is 5.69 Å². The molecule has 0 unspecified atom stereocenters. The summed E-state index contributed by atoms with van der Waals surface area (Å²) in [5, 5.41) is 4.25. The predicted octanol–water partition coefficient (Wildman–Crippen LogP) is 3.36. The molecule has 0 N–H and O–H groups in total. The van der Waals surface area contributed by atoms with E-state index < -0.39 is 0 Å². The van der Waals surface area contributed by atoms with Crippen LogP contribution in [0.25, 0.3) is 0 Å². The normalized spacial score (nSPS) is 12.8. The van der Waals surface area contributed by atoms with Crippen molar-refractivity contribution in [3.63, 3.8) is 0 Å². The van der Waals surface area contributed by atoms with Crippen LogP contribution >= 0.6 is 0 Å². The summed E-state index contributed by atoms with van der Waals surface area (Å²) < 4.78 is 1.57. The molecule has 3 nitrogen and oxygen atoms in total. The number of unbranched alkanes of at least 4 members (excludes halogenated alkanes) is 1. The van der Waals surface area contributed by atoms with Crippen LogP contribution in [0.1, 0.15) is 55.7 Å². The van der Waals surface area contributed by atoms with Crippen molar-refractivity contribution in [3.05, 3.63) is 17.5 Å². The van der Waals surface area contributed by atoms with E-state index in [9.17, 15) is 4.79 Å². The highest BCUT2D eigenvalue weighted by molar-refractivity contribution is 5.81. The maximum atomic E-state index is 12.2. The molecular formula is C13H22N2O. The van der Waals surface area contributed by atoms with E-state index in [1.807, 2.05) is 19.9 Å². The number of hydrogen-bond acceptors (Lipinski definition) is 2. The molecule has 1 heterocycles. The van der Waals surface area contributed by atoms with Crippen LogP contribution in [-0.4, -0.2) is 15.7 Å². The Bertz CT molecular complexity index is 355. The molecule has 1 atom stereocenters. The molecule has 1 aromatic rings. The highest BCUT2D eigenvalue weighted by atomic mass is 16.2. The van der Waals surface area contributed by atoms with Crippen LogP contribution in [0.5, 0.6) is 0 Å². The molecule has 0 amide bonds. The molecule has 16 heavy (non-hydrogen) atoms. The third-order valence-electron chi connectivity index (χ3n) is 2.97. The Labute approximate surface area is 97.8 Å². The minimum absolute atomic E-state index is 0.123. The van der Waals surface area contributed by atoms with Gasteiger partial charge in [-0.25, -0.2) is 4.68 Å². The highest BCUT2D eigenvalue weighted by Crippen LogP contribution is 2.16. The highest BCUT2D eigenvalue weighted by Gasteiger charge is 2.19. The lowest BCUT2D eigenvalue weighted by Gasteiger charge is -2.13. The lowest BCUT2D eigenvalue weighted by atomic mass is 9.98. The zero-order valence-electron chi connectivity index (χ0n) is 10.8. The zero-order chi connectivity index (χ0) is 12.1. The number of rotatable bonds is 5. The average molecular weight is 222 g/mol. The minimum atomic E-state index is 0.123. The van der Waals surface area contributed by atoms with Crippen LogP contribution in [0.15, 0.2) is 6.07 Å². The number of aromatic nitrogens is 2. The predicted molar refractivity (Wildman–Crippen MR) is 65.6 cm³/mol. The summed E-state index contributed by atoms with van der Waals surface area (Å²) in [4.78, 5) is 12.2. The number of aryl methyl sites for hydroxylation is 2. The van der Waals surface area contributed by atoms with Crippen molar-refractivity contribution < 1.29 is 4.79 Å². The summed E-state index contributed by atoms with van der Waals surface area (Å²) in [6.07, 6.45) is 4.13. The summed E-state index contributed by atoms with van der Waals surface area (Å²) in [7, 11) is 0. The molecule has 1 aromatic heterocycles. The lowest BCUT2D eigenvalue weighted by molar-refractivity contribution is 0.0801. The number of carbonyl (C=O) groups is 1. The second kappa shape index (κ2) is 5.83. The van der Waals surface area contributed by atoms with E-state index in [0.717, 1.165) is 37.1 Å². The molecule has 0 aliphatic heterocycles. The average Bonchev–Trinajstić information content (AvgIpc) is 2.58. The molecular weight excluding hydrogens is 200 g/mol. The topological polar surface area (TPSA) is 34.9 Å². The second-order valence-electron chi connectivity index (χ2n) is 4.42. The van der Waals surface area contributed by atoms with E-state index >= 15 is 0 Å². The molecule has 0 radical (unpaired) electrons. The van der Waals surface area contributed by atoms with E-state index in [4.69, 9.17) is 0 Å². The van der Waals surface area contributed by atoms with E-state index in [1.165, 1.54) is 0 Å². The molecule has 0 aliphatic rings. The van der Waals surface area contributed by atoms with Crippen molar-refractivity contribution in [1.82, 2.24) is 9.78 Å². The van der Waals surface area contributed by atoms with Gasteiger partial charge in [-0.05, 0) is 32.8 Å². The van der Waals surface area contributed by atoms with Gasteiger partial charge in [-0.3, -0.25) is 4.79 Å². The van der Waals surface area contributed by atoms with Crippen molar-refractivity contribution in [1.29, 1.82) is 0 Å². The van der Waals surface area contributed by atoms with Crippen molar-refractivity contribution >= 4 is 5.91 Å². The minimum Gasteiger partial charge on any atom is -0.272 e. The van der Waals surface area contributed by atoms with E-state index in [1.54, 1.807) is 4.68 Å². The smallest absolute Gasteiger partial charge is 0.250 e. The summed E-state index contributed by atoms with van der Waals surface area (Å²) >= 11 is 0. The zero-order valence-corrected chi connectivity index (χ0v) is 10.8. The van der Waals surface area contributed by atoms with Crippen molar-refractivity contribution in [3.8, 4) is 0 Å². The van der Waals surface area contributed by atoms with Crippen LogP contribution in [0.2, 0.25) is 0 Å². The van der Waals surface area contributed by atoms with E-state index in [-0.39, 0.29) is 11.8 Å². The number of hydrogen-bond donors (Lipinski definition) is 0. The fraction of sp³-hybridized carbons (Fsp3) is 0.692. The van der Waals surface area contributed by atoms with Gasteiger partial charge in [0.25, 0.3) is 0 Å². The fourth-order valence-corrected chi connectivity index (χ4v) is 1.98. The molecule has 0 aliphatic carbocycles. The molecule has 0 bridgehead atoms. The van der Waals surface area contributed by atoms with Crippen molar-refractivity contribution in [2.24, 2.45) is 5.92 Å². The Morgan fingerprint density at radius 1 is 1.44 bits per heavy atom. The van der Waals surface area contributed by atoms with Gasteiger partial charge in [0.2, 0.25) is 5.91 Å². The van der Waals surface area contributed by atoms with Gasteiger partial charge in [0.15, 0.2) is 0 Å². The molecule has 0 saturated heterocycles. The van der Waals surface area contributed by atoms with Crippen LogP contribution in [0, 0.1) is 19.8 Å². The third-order valence-corrected chi connectivity index (χ3v) is 2.97. The standard InChI is InChI=1S/C13H22N2O/c1-5-7-8-12(6-2)13(16)15-11(4)9-10(3)14-15/h9,12H,5-8H2,1-4H3/t12-/m0/s1. The number of carbonyl (C=O) groups excluding carboxylic acids is 1. The summed E-state index contributed by atoms with van der Waals surface area (Å²) in [5.74, 6) is 0.277. The Hall–Kier alpha value is -1.12. The SMILES string of the molecule is CCCC[C@H](CC)C(=O)n1nc(C)cc1C.